The van der Waals surface area contributed by atoms with Crippen molar-refractivity contribution in [3.05, 3.63) is 17.5 Å². The van der Waals surface area contributed by atoms with E-state index in [4.69, 9.17) is 4.74 Å². The third-order valence-electron chi connectivity index (χ3n) is 4.99. The number of aromatic nitrogens is 2. The molecule has 1 saturated carbocycles. The maximum absolute atomic E-state index is 5.71. The maximum atomic E-state index is 5.71. The minimum absolute atomic E-state index is 0.492. The SMILES string of the molecule is CCOCC1CN(CC2CCCCC2)Cc2nn(C)cc21. The van der Waals surface area contributed by atoms with E-state index in [1.165, 1.54) is 49.9 Å². The number of rotatable bonds is 5. The van der Waals surface area contributed by atoms with Gasteiger partial charge in [-0.05, 0) is 25.7 Å². The molecule has 0 bridgehead atoms. The lowest BCUT2D eigenvalue weighted by Gasteiger charge is -2.35. The first kappa shape index (κ1) is 15.0. The van der Waals surface area contributed by atoms with Crippen LogP contribution in [0.2, 0.25) is 0 Å². The zero-order valence-electron chi connectivity index (χ0n) is 13.6. The zero-order chi connectivity index (χ0) is 14.7. The molecule has 1 aliphatic heterocycles. The second-order valence-electron chi connectivity index (χ2n) is 6.76. The van der Waals surface area contributed by atoms with Crippen molar-refractivity contribution in [3.8, 4) is 0 Å². The first-order chi connectivity index (χ1) is 10.3. The molecule has 0 N–H and O–H groups in total. The molecule has 0 spiro atoms. The van der Waals surface area contributed by atoms with Crippen LogP contribution in [0.15, 0.2) is 6.20 Å². The van der Waals surface area contributed by atoms with Crippen LogP contribution in [0.3, 0.4) is 0 Å². The first-order valence-electron chi connectivity index (χ1n) is 8.58. The molecule has 0 saturated heterocycles. The van der Waals surface area contributed by atoms with Crippen LogP contribution < -0.4 is 0 Å². The molecule has 4 heteroatoms. The minimum Gasteiger partial charge on any atom is -0.381 e. The van der Waals surface area contributed by atoms with E-state index in [-0.39, 0.29) is 0 Å². The van der Waals surface area contributed by atoms with Gasteiger partial charge in [-0.2, -0.15) is 5.10 Å². The van der Waals surface area contributed by atoms with Crippen LogP contribution in [-0.2, 0) is 18.3 Å². The van der Waals surface area contributed by atoms with E-state index < -0.39 is 0 Å². The summed E-state index contributed by atoms with van der Waals surface area (Å²) in [4.78, 5) is 2.62. The van der Waals surface area contributed by atoms with E-state index in [1.807, 2.05) is 11.7 Å². The van der Waals surface area contributed by atoms with Crippen LogP contribution in [0.4, 0.5) is 0 Å². The lowest BCUT2D eigenvalue weighted by atomic mass is 9.87. The first-order valence-corrected chi connectivity index (χ1v) is 8.58. The van der Waals surface area contributed by atoms with E-state index in [0.29, 0.717) is 5.92 Å². The van der Waals surface area contributed by atoms with Crippen LogP contribution >= 0.6 is 0 Å². The highest BCUT2D eigenvalue weighted by molar-refractivity contribution is 5.25. The Labute approximate surface area is 128 Å². The molecule has 0 amide bonds. The fraction of sp³-hybridized carbons (Fsp3) is 0.824. The van der Waals surface area contributed by atoms with Gasteiger partial charge in [-0.15, -0.1) is 0 Å². The van der Waals surface area contributed by atoms with Crippen molar-refractivity contribution in [3.63, 3.8) is 0 Å². The smallest absolute Gasteiger partial charge is 0.0800 e. The Kier molecular flexibility index (Phi) is 4.96. The highest BCUT2D eigenvalue weighted by Gasteiger charge is 2.29. The molecule has 0 radical (unpaired) electrons. The van der Waals surface area contributed by atoms with Gasteiger partial charge in [-0.25, -0.2) is 0 Å². The Balaban J connectivity index is 1.67. The molecule has 3 rings (SSSR count). The summed E-state index contributed by atoms with van der Waals surface area (Å²) >= 11 is 0. The third-order valence-corrected chi connectivity index (χ3v) is 4.99. The van der Waals surface area contributed by atoms with Gasteiger partial charge in [-0.1, -0.05) is 19.3 Å². The molecule has 1 fully saturated rings. The van der Waals surface area contributed by atoms with Crippen molar-refractivity contribution in [2.24, 2.45) is 13.0 Å². The minimum atomic E-state index is 0.492. The van der Waals surface area contributed by atoms with Gasteiger partial charge in [0, 0.05) is 51.0 Å². The summed E-state index contributed by atoms with van der Waals surface area (Å²) in [5.41, 5.74) is 2.68. The highest BCUT2D eigenvalue weighted by Crippen LogP contribution is 2.31. The van der Waals surface area contributed by atoms with Gasteiger partial charge in [0.05, 0.1) is 12.3 Å². The highest BCUT2D eigenvalue weighted by atomic mass is 16.5. The van der Waals surface area contributed by atoms with Crippen molar-refractivity contribution in [2.75, 3.05) is 26.3 Å². The summed E-state index contributed by atoms with van der Waals surface area (Å²) in [6, 6.07) is 0. The van der Waals surface area contributed by atoms with E-state index in [2.05, 4.69) is 23.1 Å². The predicted octanol–water partition coefficient (Wildman–Crippen LogP) is 2.94. The summed E-state index contributed by atoms with van der Waals surface area (Å²) in [6.45, 7) is 7.11. The van der Waals surface area contributed by atoms with Crippen LogP contribution in [-0.4, -0.2) is 41.0 Å². The number of aryl methyl sites for hydroxylation is 1. The third kappa shape index (κ3) is 3.67. The van der Waals surface area contributed by atoms with Crippen molar-refractivity contribution in [2.45, 2.75) is 51.5 Å². The molecule has 21 heavy (non-hydrogen) atoms. The molecule has 2 heterocycles. The summed E-state index contributed by atoms with van der Waals surface area (Å²) < 4.78 is 7.68. The Bertz CT molecular complexity index is 451. The predicted molar refractivity (Wildman–Crippen MR) is 84.3 cm³/mol. The second kappa shape index (κ2) is 6.93. The van der Waals surface area contributed by atoms with E-state index in [1.54, 1.807) is 0 Å². The zero-order valence-corrected chi connectivity index (χ0v) is 13.6. The number of hydrogen-bond acceptors (Lipinski definition) is 3. The molecule has 4 nitrogen and oxygen atoms in total. The summed E-state index contributed by atoms with van der Waals surface area (Å²) in [5, 5.41) is 4.67. The molecule has 1 aliphatic carbocycles. The van der Waals surface area contributed by atoms with Crippen LogP contribution in [0, 0.1) is 5.92 Å². The summed E-state index contributed by atoms with van der Waals surface area (Å²) in [6.07, 6.45) is 9.32. The van der Waals surface area contributed by atoms with Crippen molar-refractivity contribution < 1.29 is 4.74 Å². The normalized spacial score (nSPS) is 24.2. The second-order valence-corrected chi connectivity index (χ2v) is 6.76. The molecule has 2 aliphatic rings. The fourth-order valence-corrected chi connectivity index (χ4v) is 3.98. The van der Waals surface area contributed by atoms with E-state index >= 15 is 0 Å². The van der Waals surface area contributed by atoms with Crippen molar-refractivity contribution >= 4 is 0 Å². The standard InChI is InChI=1S/C17H29N3O/c1-3-21-13-15-10-20(9-14-7-5-4-6-8-14)12-17-16(15)11-19(2)18-17/h11,14-15H,3-10,12-13H2,1-2H3. The number of fused-ring (bicyclic) bond motifs is 1. The van der Waals surface area contributed by atoms with Gasteiger partial charge in [0.2, 0.25) is 0 Å². The molecule has 1 aromatic rings. The molecule has 1 aromatic heterocycles. The van der Waals surface area contributed by atoms with Gasteiger partial charge >= 0.3 is 0 Å². The quantitative estimate of drug-likeness (QED) is 0.835. The number of nitrogens with zero attached hydrogens (tertiary/aromatic N) is 3. The lowest BCUT2D eigenvalue weighted by Crippen LogP contribution is -2.38. The van der Waals surface area contributed by atoms with E-state index in [9.17, 15) is 0 Å². The summed E-state index contributed by atoms with van der Waals surface area (Å²) in [5.74, 6) is 1.39. The van der Waals surface area contributed by atoms with Crippen LogP contribution in [0.25, 0.3) is 0 Å². The average Bonchev–Trinajstić information content (AvgIpc) is 2.86. The molecule has 118 valence electrons. The largest absolute Gasteiger partial charge is 0.381 e. The molecular formula is C17H29N3O. The molecule has 0 aromatic carbocycles. The fourth-order valence-electron chi connectivity index (χ4n) is 3.98. The van der Waals surface area contributed by atoms with Crippen LogP contribution in [0.5, 0.6) is 0 Å². The Morgan fingerprint density at radius 2 is 2.10 bits per heavy atom. The Hall–Kier alpha value is -0.870. The Morgan fingerprint density at radius 3 is 2.86 bits per heavy atom. The monoisotopic (exact) mass is 291 g/mol. The van der Waals surface area contributed by atoms with Crippen molar-refractivity contribution in [1.29, 1.82) is 0 Å². The molecular weight excluding hydrogens is 262 g/mol. The summed E-state index contributed by atoms with van der Waals surface area (Å²) in [7, 11) is 2.03. The topological polar surface area (TPSA) is 30.3 Å². The van der Waals surface area contributed by atoms with E-state index in [0.717, 1.165) is 32.2 Å². The average molecular weight is 291 g/mol. The maximum Gasteiger partial charge on any atom is 0.0800 e. The lowest BCUT2D eigenvalue weighted by molar-refractivity contribution is 0.0979. The van der Waals surface area contributed by atoms with Crippen LogP contribution in [0.1, 0.15) is 56.2 Å². The molecule has 1 unspecified atom stereocenters. The molecule has 1 atom stereocenters. The Morgan fingerprint density at radius 1 is 1.29 bits per heavy atom. The van der Waals surface area contributed by atoms with Gasteiger partial charge in [0.1, 0.15) is 0 Å². The van der Waals surface area contributed by atoms with Gasteiger partial charge in [-0.3, -0.25) is 9.58 Å². The van der Waals surface area contributed by atoms with Gasteiger partial charge < -0.3 is 4.74 Å². The number of ether oxygens (including phenoxy) is 1. The van der Waals surface area contributed by atoms with Crippen molar-refractivity contribution in [1.82, 2.24) is 14.7 Å². The van der Waals surface area contributed by atoms with Gasteiger partial charge in [0.25, 0.3) is 0 Å². The number of hydrogen-bond donors (Lipinski definition) is 0. The van der Waals surface area contributed by atoms with Gasteiger partial charge in [0.15, 0.2) is 0 Å².